The minimum atomic E-state index is -0.395. The quantitative estimate of drug-likeness (QED) is 0.363. The number of nitrogens with one attached hydrogen (secondary N) is 1. The highest BCUT2D eigenvalue weighted by molar-refractivity contribution is 7.99. The Hall–Kier alpha value is -1.58. The minimum absolute atomic E-state index is 0.0257. The van der Waals surface area contributed by atoms with Gasteiger partial charge in [0, 0.05) is 50.2 Å². The van der Waals surface area contributed by atoms with Crippen molar-refractivity contribution in [1.29, 1.82) is 0 Å². The molecule has 32 heavy (non-hydrogen) atoms. The number of piperazine rings is 1. The van der Waals surface area contributed by atoms with Crippen LogP contribution in [-0.2, 0) is 9.59 Å². The molecular weight excluding hydrogens is 448 g/mol. The molecule has 2 fully saturated rings. The molecule has 0 radical (unpaired) electrons. The highest BCUT2D eigenvalue weighted by Crippen LogP contribution is 2.26. The number of amides is 2. The summed E-state index contributed by atoms with van der Waals surface area (Å²) in [6.45, 7) is 13.7. The van der Waals surface area contributed by atoms with Crippen LogP contribution >= 0.6 is 23.4 Å². The van der Waals surface area contributed by atoms with Crippen LogP contribution in [0.2, 0.25) is 5.15 Å². The van der Waals surface area contributed by atoms with Crippen LogP contribution in [0.1, 0.15) is 40.5 Å². The van der Waals surface area contributed by atoms with Crippen LogP contribution in [0.25, 0.3) is 0 Å². The number of anilines is 1. The van der Waals surface area contributed by atoms with Crippen LogP contribution in [0.3, 0.4) is 0 Å². The lowest BCUT2D eigenvalue weighted by atomic mass is 9.93. The molecule has 2 aliphatic rings. The Kier molecular flexibility index (Phi) is 8.63. The first-order chi connectivity index (χ1) is 15.1. The highest BCUT2D eigenvalue weighted by atomic mass is 35.5. The van der Waals surface area contributed by atoms with Crippen molar-refractivity contribution in [3.05, 3.63) is 11.2 Å². The molecule has 0 aromatic carbocycles. The Balaban J connectivity index is 1.52. The van der Waals surface area contributed by atoms with Crippen molar-refractivity contribution in [1.82, 2.24) is 25.1 Å². The number of nitrogens with zero attached hydrogens (tertiary/aromatic N) is 5. The van der Waals surface area contributed by atoms with Gasteiger partial charge in [0.1, 0.15) is 11.0 Å². The molecule has 0 spiro atoms. The Morgan fingerprint density at radius 1 is 1.19 bits per heavy atom. The second-order valence-corrected chi connectivity index (χ2v) is 10.9. The van der Waals surface area contributed by atoms with E-state index >= 15 is 0 Å². The van der Waals surface area contributed by atoms with Crippen LogP contribution in [0, 0.1) is 5.41 Å². The third-order valence-electron chi connectivity index (χ3n) is 5.80. The van der Waals surface area contributed by atoms with E-state index in [-0.39, 0.29) is 23.6 Å². The summed E-state index contributed by atoms with van der Waals surface area (Å²) in [4.78, 5) is 40.2. The molecule has 1 aromatic heterocycles. The second-order valence-electron chi connectivity index (χ2n) is 9.56. The summed E-state index contributed by atoms with van der Waals surface area (Å²) in [5.74, 6) is 1.13. The lowest BCUT2D eigenvalue weighted by Crippen LogP contribution is -2.56. The summed E-state index contributed by atoms with van der Waals surface area (Å²) < 4.78 is 0. The van der Waals surface area contributed by atoms with Crippen molar-refractivity contribution < 1.29 is 9.59 Å². The largest absolute Gasteiger partial charge is 0.354 e. The summed E-state index contributed by atoms with van der Waals surface area (Å²) in [6, 6.07) is 1.82. The number of halogens is 1. The maximum atomic E-state index is 12.7. The van der Waals surface area contributed by atoms with Gasteiger partial charge in [-0.05, 0) is 32.9 Å². The number of likely N-dealkylation sites (tertiary alicyclic amines) is 1. The molecule has 2 saturated heterocycles. The minimum Gasteiger partial charge on any atom is -0.354 e. The molecule has 10 heteroatoms. The first kappa shape index (κ1) is 25.1. The Morgan fingerprint density at radius 2 is 1.91 bits per heavy atom. The van der Waals surface area contributed by atoms with Crippen molar-refractivity contribution >= 4 is 41.0 Å². The number of rotatable bonds is 7. The zero-order valence-corrected chi connectivity index (χ0v) is 21.1. The monoisotopic (exact) mass is 482 g/mol. The molecule has 3 rings (SSSR count). The fraction of sp³-hybridized carbons (Fsp3) is 0.727. The molecule has 2 amide bonds. The number of carbonyl (C=O) groups is 2. The summed E-state index contributed by atoms with van der Waals surface area (Å²) in [6.07, 6.45) is 2.50. The average Bonchev–Trinajstić information content (AvgIpc) is 3.24. The highest BCUT2D eigenvalue weighted by Gasteiger charge is 2.34. The van der Waals surface area contributed by atoms with Crippen molar-refractivity contribution in [2.24, 2.45) is 5.41 Å². The van der Waals surface area contributed by atoms with E-state index in [4.69, 9.17) is 11.6 Å². The molecule has 1 unspecified atom stereocenters. The van der Waals surface area contributed by atoms with E-state index in [1.165, 1.54) is 24.6 Å². The topological polar surface area (TPSA) is 81.7 Å². The van der Waals surface area contributed by atoms with E-state index in [9.17, 15) is 9.59 Å². The summed E-state index contributed by atoms with van der Waals surface area (Å²) in [5, 5.41) is 3.81. The van der Waals surface area contributed by atoms with Crippen LogP contribution in [-0.4, -0.2) is 89.2 Å². The average molecular weight is 483 g/mol. The number of carbonyl (C=O) groups excluding carboxylic acids is 2. The van der Waals surface area contributed by atoms with Crippen LogP contribution < -0.4 is 10.2 Å². The molecule has 1 N–H and O–H groups in total. The molecule has 1 atom stereocenters. The second kappa shape index (κ2) is 11.0. The van der Waals surface area contributed by atoms with E-state index in [0.717, 1.165) is 25.5 Å². The van der Waals surface area contributed by atoms with Crippen molar-refractivity contribution in [2.75, 3.05) is 56.5 Å². The predicted molar refractivity (Wildman–Crippen MR) is 129 cm³/mol. The normalized spacial score (nSPS) is 20.0. The van der Waals surface area contributed by atoms with E-state index in [0.29, 0.717) is 36.5 Å². The molecule has 178 valence electrons. The molecule has 1 aromatic rings. The number of hydrogen-bond acceptors (Lipinski definition) is 7. The third kappa shape index (κ3) is 6.96. The number of aromatic nitrogens is 2. The lowest BCUT2D eigenvalue weighted by molar-refractivity contribution is -0.142. The van der Waals surface area contributed by atoms with E-state index in [1.54, 1.807) is 6.07 Å². The molecule has 0 bridgehead atoms. The molecule has 2 aliphatic heterocycles. The van der Waals surface area contributed by atoms with Gasteiger partial charge in [-0.3, -0.25) is 9.59 Å². The summed E-state index contributed by atoms with van der Waals surface area (Å²) >= 11 is 7.54. The van der Waals surface area contributed by atoms with E-state index in [2.05, 4.69) is 32.0 Å². The van der Waals surface area contributed by atoms with Gasteiger partial charge < -0.3 is 20.0 Å². The molecular formula is C22H35ClN6O2S. The number of hydrogen-bond donors (Lipinski definition) is 1. The zero-order valence-electron chi connectivity index (χ0n) is 19.6. The van der Waals surface area contributed by atoms with Gasteiger partial charge in [0.15, 0.2) is 5.16 Å². The van der Waals surface area contributed by atoms with E-state index < -0.39 is 5.41 Å². The fourth-order valence-electron chi connectivity index (χ4n) is 4.05. The van der Waals surface area contributed by atoms with Gasteiger partial charge in [0.2, 0.25) is 11.8 Å². The Bertz CT molecular complexity index is 812. The van der Waals surface area contributed by atoms with Crippen LogP contribution in [0.5, 0.6) is 0 Å². The van der Waals surface area contributed by atoms with E-state index in [1.807, 2.05) is 25.7 Å². The molecule has 0 saturated carbocycles. The maximum Gasteiger partial charge on any atom is 0.230 e. The maximum absolute atomic E-state index is 12.7. The van der Waals surface area contributed by atoms with Crippen LogP contribution in [0.4, 0.5) is 5.82 Å². The molecule has 0 aliphatic carbocycles. The fourth-order valence-corrected chi connectivity index (χ4v) is 4.96. The van der Waals surface area contributed by atoms with Crippen molar-refractivity contribution in [2.45, 2.75) is 51.7 Å². The van der Waals surface area contributed by atoms with Gasteiger partial charge in [0.25, 0.3) is 0 Å². The van der Waals surface area contributed by atoms with Crippen LogP contribution in [0.15, 0.2) is 11.2 Å². The summed E-state index contributed by atoms with van der Waals surface area (Å²) in [5.41, 5.74) is -0.395. The van der Waals surface area contributed by atoms with Gasteiger partial charge in [0.05, 0.1) is 5.75 Å². The smallest absolute Gasteiger partial charge is 0.230 e. The zero-order chi connectivity index (χ0) is 23.3. The Labute approximate surface area is 200 Å². The Morgan fingerprint density at radius 3 is 2.56 bits per heavy atom. The van der Waals surface area contributed by atoms with Crippen molar-refractivity contribution in [3.8, 4) is 0 Å². The third-order valence-corrected chi connectivity index (χ3v) is 6.84. The number of thioether (sulfide) groups is 1. The van der Waals surface area contributed by atoms with Gasteiger partial charge in [-0.25, -0.2) is 9.97 Å². The molecule has 8 nitrogen and oxygen atoms in total. The van der Waals surface area contributed by atoms with Crippen molar-refractivity contribution in [3.63, 3.8) is 0 Å². The predicted octanol–water partition coefficient (Wildman–Crippen LogP) is 2.52. The molecule has 3 heterocycles. The summed E-state index contributed by atoms with van der Waals surface area (Å²) in [7, 11) is 0. The SMILES string of the molecule is CC1CN(c2cc(Cl)nc(SCC(=O)NCCN3CCCC3)n2)CCN1C(=O)C(C)(C)C. The first-order valence-electron chi connectivity index (χ1n) is 11.4. The standard InChI is InChI=1S/C22H35ClN6O2S/c1-16-14-28(11-12-29(16)20(31)22(2,3)4)18-13-17(23)25-21(26-18)32-15-19(30)24-7-10-27-8-5-6-9-27/h13,16H,5-12,14-15H2,1-4H3,(H,24,30). The van der Waals surface area contributed by atoms with Gasteiger partial charge in [-0.1, -0.05) is 44.1 Å². The van der Waals surface area contributed by atoms with Gasteiger partial charge in [-0.2, -0.15) is 0 Å². The lowest BCUT2D eigenvalue weighted by Gasteiger charge is -2.42. The first-order valence-corrected chi connectivity index (χ1v) is 12.7. The van der Waals surface area contributed by atoms with Gasteiger partial charge >= 0.3 is 0 Å². The van der Waals surface area contributed by atoms with Gasteiger partial charge in [-0.15, -0.1) is 0 Å².